The summed E-state index contributed by atoms with van der Waals surface area (Å²) in [6.45, 7) is 5.54. The van der Waals surface area contributed by atoms with E-state index < -0.39 is 0 Å². The Balaban J connectivity index is 1.95. The second-order valence-corrected chi connectivity index (χ2v) is 6.01. The Bertz CT molecular complexity index is 382. The van der Waals surface area contributed by atoms with Gasteiger partial charge in [-0.05, 0) is 44.8 Å². The predicted octanol–water partition coefficient (Wildman–Crippen LogP) is 1.83. The molecule has 1 heterocycles. The summed E-state index contributed by atoms with van der Waals surface area (Å²) in [5, 5.41) is 13.3. The largest absolute Gasteiger partial charge is 0.394 e. The molecule has 1 fully saturated rings. The zero-order chi connectivity index (χ0) is 13.7. The quantitative estimate of drug-likeness (QED) is 0.850. The molecule has 1 aromatic rings. The van der Waals surface area contributed by atoms with Crippen LogP contribution in [0.25, 0.3) is 0 Å². The van der Waals surface area contributed by atoms with Crippen LogP contribution in [-0.4, -0.2) is 43.3 Å². The highest BCUT2D eigenvalue weighted by Crippen LogP contribution is 2.21. The molecule has 0 radical (unpaired) electrons. The van der Waals surface area contributed by atoms with E-state index >= 15 is 0 Å². The van der Waals surface area contributed by atoms with Crippen LogP contribution in [0.4, 0.5) is 0 Å². The van der Waals surface area contributed by atoms with Crippen LogP contribution in [0.3, 0.4) is 0 Å². The van der Waals surface area contributed by atoms with Gasteiger partial charge in [-0.3, -0.25) is 0 Å². The number of benzene rings is 1. The summed E-state index contributed by atoms with van der Waals surface area (Å²) in [7, 11) is 2.19. The summed E-state index contributed by atoms with van der Waals surface area (Å²) in [6.07, 6.45) is 2.57. The number of hydrogen-bond donors (Lipinski definition) is 2. The van der Waals surface area contributed by atoms with E-state index in [9.17, 15) is 5.11 Å². The molecule has 0 bridgehead atoms. The molecule has 1 aliphatic heterocycles. The van der Waals surface area contributed by atoms with Crippen molar-refractivity contribution in [2.75, 3.05) is 33.3 Å². The van der Waals surface area contributed by atoms with Gasteiger partial charge >= 0.3 is 0 Å². The predicted molar refractivity (Wildman–Crippen MR) is 79.1 cm³/mol. The molecule has 1 saturated heterocycles. The van der Waals surface area contributed by atoms with Gasteiger partial charge in [-0.2, -0.15) is 0 Å². The Hall–Kier alpha value is -0.900. The number of hydrogen-bond acceptors (Lipinski definition) is 3. The highest BCUT2D eigenvalue weighted by atomic mass is 16.3. The first-order chi connectivity index (χ1) is 9.14. The maximum absolute atomic E-state index is 9.75. The molecular formula is C16H26N2O. The van der Waals surface area contributed by atoms with Crippen LogP contribution >= 0.6 is 0 Å². The molecule has 0 aromatic heterocycles. The fraction of sp³-hybridized carbons (Fsp3) is 0.625. The van der Waals surface area contributed by atoms with Crippen molar-refractivity contribution in [3.8, 4) is 0 Å². The Labute approximate surface area is 116 Å². The van der Waals surface area contributed by atoms with Gasteiger partial charge in [0.2, 0.25) is 0 Å². The first-order valence-electron chi connectivity index (χ1n) is 7.24. The van der Waals surface area contributed by atoms with Gasteiger partial charge < -0.3 is 15.3 Å². The molecule has 3 nitrogen and oxygen atoms in total. The van der Waals surface area contributed by atoms with Gasteiger partial charge in [0.1, 0.15) is 0 Å². The monoisotopic (exact) mass is 262 g/mol. The molecule has 0 amide bonds. The third kappa shape index (κ3) is 3.78. The minimum absolute atomic E-state index is 0.125. The lowest BCUT2D eigenvalue weighted by Gasteiger charge is -2.35. The molecule has 19 heavy (non-hydrogen) atoms. The normalized spacial score (nSPS) is 24.1. The lowest BCUT2D eigenvalue weighted by molar-refractivity contribution is 0.150. The molecule has 0 aliphatic carbocycles. The average molecular weight is 262 g/mol. The van der Waals surface area contributed by atoms with Gasteiger partial charge in [-0.15, -0.1) is 0 Å². The second kappa shape index (κ2) is 6.51. The van der Waals surface area contributed by atoms with Crippen molar-refractivity contribution in [2.45, 2.75) is 25.3 Å². The van der Waals surface area contributed by atoms with Crippen LogP contribution < -0.4 is 5.32 Å². The van der Waals surface area contributed by atoms with Gasteiger partial charge in [0.25, 0.3) is 0 Å². The molecule has 1 aromatic carbocycles. The Morgan fingerprint density at radius 3 is 2.74 bits per heavy atom. The Morgan fingerprint density at radius 1 is 1.37 bits per heavy atom. The van der Waals surface area contributed by atoms with E-state index in [4.69, 9.17) is 0 Å². The number of aliphatic hydroxyl groups excluding tert-OH is 1. The molecule has 2 N–H and O–H groups in total. The van der Waals surface area contributed by atoms with Crippen molar-refractivity contribution < 1.29 is 5.11 Å². The minimum atomic E-state index is -0.336. The standard InChI is InChI=1S/C16H26N2O/c1-16(13-19,15-8-4-3-5-9-15)17-11-14-7-6-10-18(2)12-14/h3-5,8-9,14,17,19H,6-7,10-13H2,1-2H3. The molecule has 3 heteroatoms. The number of piperidine rings is 1. The molecular weight excluding hydrogens is 236 g/mol. The van der Waals surface area contributed by atoms with Crippen LogP contribution in [0.15, 0.2) is 30.3 Å². The first kappa shape index (κ1) is 14.5. The summed E-state index contributed by atoms with van der Waals surface area (Å²) < 4.78 is 0. The van der Waals surface area contributed by atoms with Crippen molar-refractivity contribution in [1.29, 1.82) is 0 Å². The van der Waals surface area contributed by atoms with Gasteiger partial charge in [0.15, 0.2) is 0 Å². The summed E-state index contributed by atoms with van der Waals surface area (Å²) in [6, 6.07) is 10.2. The second-order valence-electron chi connectivity index (χ2n) is 6.01. The number of likely N-dealkylation sites (tertiary alicyclic amines) is 1. The summed E-state index contributed by atoms with van der Waals surface area (Å²) in [5.74, 6) is 0.688. The van der Waals surface area contributed by atoms with E-state index in [1.165, 1.54) is 19.4 Å². The number of aliphatic hydroxyl groups is 1. The first-order valence-corrected chi connectivity index (χ1v) is 7.24. The van der Waals surface area contributed by atoms with Crippen LogP contribution in [0.1, 0.15) is 25.3 Å². The van der Waals surface area contributed by atoms with E-state index in [-0.39, 0.29) is 12.1 Å². The fourth-order valence-corrected chi connectivity index (χ4v) is 2.86. The lowest BCUT2D eigenvalue weighted by atomic mass is 9.91. The summed E-state index contributed by atoms with van der Waals surface area (Å²) in [5.41, 5.74) is 0.818. The third-order valence-electron chi connectivity index (χ3n) is 4.23. The topological polar surface area (TPSA) is 35.5 Å². The minimum Gasteiger partial charge on any atom is -0.394 e. The van der Waals surface area contributed by atoms with E-state index in [1.54, 1.807) is 0 Å². The van der Waals surface area contributed by atoms with Crippen LogP contribution in [0, 0.1) is 5.92 Å². The molecule has 1 aliphatic rings. The van der Waals surface area contributed by atoms with Gasteiger partial charge in [0, 0.05) is 13.1 Å². The number of rotatable bonds is 5. The summed E-state index contributed by atoms with van der Waals surface area (Å²) in [4.78, 5) is 2.40. The maximum Gasteiger partial charge on any atom is 0.0652 e. The van der Waals surface area contributed by atoms with E-state index in [2.05, 4.69) is 36.3 Å². The van der Waals surface area contributed by atoms with E-state index in [0.717, 1.165) is 18.7 Å². The van der Waals surface area contributed by atoms with Gasteiger partial charge in [0.05, 0.1) is 12.1 Å². The van der Waals surface area contributed by atoms with E-state index in [0.29, 0.717) is 5.92 Å². The third-order valence-corrected chi connectivity index (χ3v) is 4.23. The number of nitrogens with zero attached hydrogens (tertiary/aromatic N) is 1. The highest BCUT2D eigenvalue weighted by molar-refractivity contribution is 5.23. The van der Waals surface area contributed by atoms with Crippen molar-refractivity contribution >= 4 is 0 Å². The molecule has 0 saturated carbocycles. The SMILES string of the molecule is CN1CCCC(CNC(C)(CO)c2ccccc2)C1. The fourth-order valence-electron chi connectivity index (χ4n) is 2.86. The van der Waals surface area contributed by atoms with Crippen molar-refractivity contribution in [2.24, 2.45) is 5.92 Å². The van der Waals surface area contributed by atoms with Gasteiger partial charge in [-0.1, -0.05) is 30.3 Å². The van der Waals surface area contributed by atoms with Crippen molar-refractivity contribution in [3.63, 3.8) is 0 Å². The molecule has 2 rings (SSSR count). The molecule has 0 spiro atoms. The maximum atomic E-state index is 9.75. The zero-order valence-electron chi connectivity index (χ0n) is 12.1. The highest BCUT2D eigenvalue weighted by Gasteiger charge is 2.27. The molecule has 2 atom stereocenters. The zero-order valence-corrected chi connectivity index (χ0v) is 12.1. The summed E-state index contributed by atoms with van der Waals surface area (Å²) >= 11 is 0. The smallest absolute Gasteiger partial charge is 0.0652 e. The average Bonchev–Trinajstić information content (AvgIpc) is 2.46. The van der Waals surface area contributed by atoms with Crippen LogP contribution in [0.2, 0.25) is 0 Å². The van der Waals surface area contributed by atoms with E-state index in [1.807, 2.05) is 18.2 Å². The van der Waals surface area contributed by atoms with Crippen molar-refractivity contribution in [3.05, 3.63) is 35.9 Å². The Kier molecular flexibility index (Phi) is 4.97. The number of nitrogens with one attached hydrogen (secondary N) is 1. The lowest BCUT2D eigenvalue weighted by Crippen LogP contribution is -2.47. The molecule has 106 valence electrons. The molecule has 2 unspecified atom stereocenters. The van der Waals surface area contributed by atoms with Crippen LogP contribution in [0.5, 0.6) is 0 Å². The van der Waals surface area contributed by atoms with Crippen molar-refractivity contribution in [1.82, 2.24) is 10.2 Å². The Morgan fingerprint density at radius 2 is 2.11 bits per heavy atom. The van der Waals surface area contributed by atoms with Crippen LogP contribution in [-0.2, 0) is 5.54 Å². The van der Waals surface area contributed by atoms with Gasteiger partial charge in [-0.25, -0.2) is 0 Å².